The van der Waals surface area contributed by atoms with E-state index in [1.807, 2.05) is 0 Å². The third kappa shape index (κ3) is 4.03. The first-order chi connectivity index (χ1) is 8.34. The number of alkyl halides is 3. The molecule has 0 radical (unpaired) electrons. The first-order valence-electron chi connectivity index (χ1n) is 5.54. The van der Waals surface area contributed by atoms with Crippen LogP contribution in [-0.4, -0.2) is 11.9 Å². The monoisotopic (exact) mass is 260 g/mol. The summed E-state index contributed by atoms with van der Waals surface area (Å²) in [4.78, 5) is 11.4. The summed E-state index contributed by atoms with van der Waals surface area (Å²) in [7, 11) is 0. The highest BCUT2D eigenvalue weighted by molar-refractivity contribution is 5.81. The molecule has 3 N–H and O–H groups in total. The molecule has 1 rings (SSSR count). The molecule has 1 unspecified atom stereocenters. The van der Waals surface area contributed by atoms with E-state index in [2.05, 4.69) is 5.32 Å². The molecule has 1 amide bonds. The summed E-state index contributed by atoms with van der Waals surface area (Å²) in [5.74, 6) is -0.308. The maximum absolute atomic E-state index is 12.3. The number of benzene rings is 1. The van der Waals surface area contributed by atoms with E-state index in [1.54, 1.807) is 6.92 Å². The number of nitrogens with one attached hydrogen (secondary N) is 1. The number of carbonyl (C=O) groups excluding carboxylic acids is 1. The third-order valence-electron chi connectivity index (χ3n) is 2.52. The highest BCUT2D eigenvalue weighted by Gasteiger charge is 2.29. The van der Waals surface area contributed by atoms with Crippen LogP contribution in [0.3, 0.4) is 0 Å². The van der Waals surface area contributed by atoms with E-state index < -0.39 is 17.8 Å². The van der Waals surface area contributed by atoms with Crippen LogP contribution in [0.15, 0.2) is 24.3 Å². The fraction of sp³-hybridized carbons (Fsp3) is 0.417. The average Bonchev–Trinajstić information content (AvgIpc) is 2.34. The minimum Gasteiger partial charge on any atom is -0.351 e. The molecule has 100 valence electrons. The predicted octanol–water partition coefficient (Wildman–Crippen LogP) is 2.06. The number of amides is 1. The summed E-state index contributed by atoms with van der Waals surface area (Å²) in [6.45, 7) is 1.95. The molecule has 0 saturated heterocycles. The largest absolute Gasteiger partial charge is 0.416 e. The van der Waals surface area contributed by atoms with Gasteiger partial charge >= 0.3 is 6.18 Å². The van der Waals surface area contributed by atoms with Crippen molar-refractivity contribution in [2.75, 3.05) is 0 Å². The third-order valence-corrected chi connectivity index (χ3v) is 2.52. The van der Waals surface area contributed by atoms with Gasteiger partial charge in [0.25, 0.3) is 0 Å². The standard InChI is InChI=1S/C12H15F3N2O/c1-2-10(16)11(18)17-7-8-3-5-9(6-4-8)12(13,14)15/h3-6,10H,2,7,16H2,1H3,(H,17,18). The van der Waals surface area contributed by atoms with Crippen molar-refractivity contribution in [3.8, 4) is 0 Å². The van der Waals surface area contributed by atoms with Crippen molar-refractivity contribution >= 4 is 5.91 Å². The van der Waals surface area contributed by atoms with Crippen LogP contribution in [0, 0.1) is 0 Å². The summed E-state index contributed by atoms with van der Waals surface area (Å²) in [5.41, 5.74) is 5.39. The number of hydrogen-bond donors (Lipinski definition) is 2. The number of halogens is 3. The molecule has 0 aromatic heterocycles. The minimum absolute atomic E-state index is 0.171. The fourth-order valence-electron chi connectivity index (χ4n) is 1.32. The van der Waals surface area contributed by atoms with Crippen molar-refractivity contribution in [3.05, 3.63) is 35.4 Å². The van der Waals surface area contributed by atoms with Crippen LogP contribution in [0.2, 0.25) is 0 Å². The Morgan fingerprint density at radius 3 is 2.33 bits per heavy atom. The van der Waals surface area contributed by atoms with Gasteiger partial charge in [0.05, 0.1) is 11.6 Å². The average molecular weight is 260 g/mol. The number of carbonyl (C=O) groups is 1. The van der Waals surface area contributed by atoms with Crippen LogP contribution in [-0.2, 0) is 17.5 Å². The smallest absolute Gasteiger partial charge is 0.351 e. The van der Waals surface area contributed by atoms with Gasteiger partial charge in [0.15, 0.2) is 0 Å². The van der Waals surface area contributed by atoms with Crippen LogP contribution >= 0.6 is 0 Å². The lowest BCUT2D eigenvalue weighted by atomic mass is 10.1. The van der Waals surface area contributed by atoms with Gasteiger partial charge in [-0.25, -0.2) is 0 Å². The van der Waals surface area contributed by atoms with Gasteiger partial charge in [-0.2, -0.15) is 13.2 Å². The van der Waals surface area contributed by atoms with Crippen LogP contribution in [0.1, 0.15) is 24.5 Å². The zero-order valence-corrected chi connectivity index (χ0v) is 9.92. The van der Waals surface area contributed by atoms with E-state index in [1.165, 1.54) is 12.1 Å². The van der Waals surface area contributed by atoms with E-state index in [4.69, 9.17) is 5.73 Å². The molecule has 0 aliphatic rings. The van der Waals surface area contributed by atoms with Crippen LogP contribution < -0.4 is 11.1 Å². The molecule has 0 bridgehead atoms. The summed E-state index contributed by atoms with van der Waals surface area (Å²) < 4.78 is 36.9. The van der Waals surface area contributed by atoms with Crippen LogP contribution in [0.25, 0.3) is 0 Å². The van der Waals surface area contributed by atoms with Crippen molar-refractivity contribution in [1.82, 2.24) is 5.32 Å². The molecule has 0 saturated carbocycles. The maximum atomic E-state index is 12.3. The van der Waals surface area contributed by atoms with Crippen molar-refractivity contribution in [1.29, 1.82) is 0 Å². The molecular weight excluding hydrogens is 245 g/mol. The highest BCUT2D eigenvalue weighted by atomic mass is 19.4. The normalized spacial score (nSPS) is 13.2. The van der Waals surface area contributed by atoms with Crippen molar-refractivity contribution < 1.29 is 18.0 Å². The fourth-order valence-corrected chi connectivity index (χ4v) is 1.32. The quantitative estimate of drug-likeness (QED) is 0.870. The Morgan fingerprint density at radius 1 is 1.33 bits per heavy atom. The summed E-state index contributed by atoms with van der Waals surface area (Å²) in [6, 6.07) is 4.06. The Balaban J connectivity index is 2.57. The van der Waals surface area contributed by atoms with Crippen LogP contribution in [0.4, 0.5) is 13.2 Å². The molecule has 1 aromatic carbocycles. The topological polar surface area (TPSA) is 55.1 Å². The molecule has 0 spiro atoms. The zero-order chi connectivity index (χ0) is 13.8. The SMILES string of the molecule is CCC(N)C(=O)NCc1ccc(C(F)(F)F)cc1. The first kappa shape index (κ1) is 14.5. The Labute approximate surface area is 103 Å². The molecule has 0 aliphatic heterocycles. The van der Waals surface area contributed by atoms with Gasteiger partial charge in [-0.05, 0) is 24.1 Å². The van der Waals surface area contributed by atoms with Crippen molar-refractivity contribution in [2.24, 2.45) is 5.73 Å². The summed E-state index contributed by atoms with van der Waals surface area (Å²) in [6.07, 6.45) is -3.83. The lowest BCUT2D eigenvalue weighted by Gasteiger charge is -2.11. The second kappa shape index (κ2) is 5.86. The van der Waals surface area contributed by atoms with E-state index in [9.17, 15) is 18.0 Å². The predicted molar refractivity (Wildman–Crippen MR) is 61.6 cm³/mol. The Bertz CT molecular complexity index is 401. The second-order valence-electron chi connectivity index (χ2n) is 3.93. The van der Waals surface area contributed by atoms with Gasteiger partial charge in [-0.15, -0.1) is 0 Å². The molecule has 6 heteroatoms. The maximum Gasteiger partial charge on any atom is 0.416 e. The molecule has 1 aromatic rings. The summed E-state index contributed by atoms with van der Waals surface area (Å²) >= 11 is 0. The Morgan fingerprint density at radius 2 is 1.89 bits per heavy atom. The van der Waals surface area contributed by atoms with Gasteiger partial charge < -0.3 is 11.1 Å². The van der Waals surface area contributed by atoms with Gasteiger partial charge in [0, 0.05) is 6.54 Å². The lowest BCUT2D eigenvalue weighted by molar-refractivity contribution is -0.137. The molecule has 18 heavy (non-hydrogen) atoms. The zero-order valence-electron chi connectivity index (χ0n) is 9.92. The first-order valence-corrected chi connectivity index (χ1v) is 5.54. The minimum atomic E-state index is -4.34. The lowest BCUT2D eigenvalue weighted by Crippen LogP contribution is -2.39. The molecular formula is C12H15F3N2O. The van der Waals surface area contributed by atoms with E-state index in [-0.39, 0.29) is 12.5 Å². The van der Waals surface area contributed by atoms with Gasteiger partial charge in [-0.3, -0.25) is 4.79 Å². The van der Waals surface area contributed by atoms with Crippen LogP contribution in [0.5, 0.6) is 0 Å². The van der Waals surface area contributed by atoms with E-state index >= 15 is 0 Å². The second-order valence-corrected chi connectivity index (χ2v) is 3.93. The number of nitrogens with two attached hydrogens (primary N) is 1. The Hall–Kier alpha value is -1.56. The van der Waals surface area contributed by atoms with Gasteiger partial charge in [0.1, 0.15) is 0 Å². The van der Waals surface area contributed by atoms with Gasteiger partial charge in [0.2, 0.25) is 5.91 Å². The van der Waals surface area contributed by atoms with E-state index in [0.29, 0.717) is 12.0 Å². The summed E-state index contributed by atoms with van der Waals surface area (Å²) in [5, 5.41) is 2.56. The molecule has 0 heterocycles. The molecule has 1 atom stereocenters. The molecule has 3 nitrogen and oxygen atoms in total. The number of rotatable bonds is 4. The Kier molecular flexibility index (Phi) is 4.72. The molecule has 0 aliphatic carbocycles. The van der Waals surface area contributed by atoms with Crippen molar-refractivity contribution in [2.45, 2.75) is 32.1 Å². The number of hydrogen-bond acceptors (Lipinski definition) is 2. The highest BCUT2D eigenvalue weighted by Crippen LogP contribution is 2.28. The van der Waals surface area contributed by atoms with E-state index in [0.717, 1.165) is 12.1 Å². The van der Waals surface area contributed by atoms with Crippen molar-refractivity contribution in [3.63, 3.8) is 0 Å². The van der Waals surface area contributed by atoms with Gasteiger partial charge in [-0.1, -0.05) is 19.1 Å². The molecule has 0 fully saturated rings.